The summed E-state index contributed by atoms with van der Waals surface area (Å²) in [6.07, 6.45) is -0.444. The molecule has 0 spiro atoms. The van der Waals surface area contributed by atoms with E-state index < -0.39 is 29.9 Å². The third-order valence-electron chi connectivity index (χ3n) is 5.14. The number of esters is 1. The van der Waals surface area contributed by atoms with Crippen LogP contribution >= 0.6 is 0 Å². The Morgan fingerprint density at radius 2 is 1.92 bits per heavy atom. The summed E-state index contributed by atoms with van der Waals surface area (Å²) in [6.45, 7) is 3.70. The van der Waals surface area contributed by atoms with E-state index in [4.69, 9.17) is 9.47 Å². The van der Waals surface area contributed by atoms with E-state index in [9.17, 15) is 22.4 Å². The van der Waals surface area contributed by atoms with Gasteiger partial charge in [0.25, 0.3) is 5.95 Å². The van der Waals surface area contributed by atoms with Crippen molar-refractivity contribution in [2.75, 3.05) is 13.7 Å². The molecule has 0 fully saturated rings. The van der Waals surface area contributed by atoms with Crippen molar-refractivity contribution in [3.63, 3.8) is 0 Å². The minimum absolute atomic E-state index is 0.0993. The van der Waals surface area contributed by atoms with E-state index in [0.29, 0.717) is 23.0 Å². The molecule has 0 aliphatic rings. The number of fused-ring (bicyclic) bond motifs is 1. The molecule has 0 amide bonds. The van der Waals surface area contributed by atoms with Gasteiger partial charge >= 0.3 is 12.3 Å². The Labute approximate surface area is 201 Å². The van der Waals surface area contributed by atoms with Crippen LogP contribution < -0.4 is 9.47 Å². The van der Waals surface area contributed by atoms with Crippen LogP contribution in [-0.4, -0.2) is 55.6 Å². The summed E-state index contributed by atoms with van der Waals surface area (Å²) < 4.78 is 68.8. The largest absolute Gasteiger partial charge is 0.573 e. The van der Waals surface area contributed by atoms with Gasteiger partial charge in [0.05, 0.1) is 37.7 Å². The van der Waals surface area contributed by atoms with Crippen molar-refractivity contribution >= 4 is 17.0 Å². The van der Waals surface area contributed by atoms with E-state index in [-0.39, 0.29) is 24.0 Å². The molecule has 1 atom stereocenters. The molecule has 0 unspecified atom stereocenters. The first-order valence-corrected chi connectivity index (χ1v) is 10.7. The quantitative estimate of drug-likeness (QED) is 0.257. The second-order valence-electron chi connectivity index (χ2n) is 7.41. The van der Waals surface area contributed by atoms with Crippen molar-refractivity contribution in [1.29, 1.82) is 0 Å². The maximum atomic E-state index is 14.4. The van der Waals surface area contributed by atoms with E-state index in [0.717, 1.165) is 12.1 Å². The molecule has 3 aromatic heterocycles. The second kappa shape index (κ2) is 9.79. The topological polar surface area (TPSA) is 106 Å². The van der Waals surface area contributed by atoms with Crippen LogP contribution in [0.25, 0.3) is 17.0 Å². The highest BCUT2D eigenvalue weighted by Gasteiger charge is 2.32. The first kappa shape index (κ1) is 24.9. The van der Waals surface area contributed by atoms with E-state index in [1.807, 2.05) is 0 Å². The van der Waals surface area contributed by atoms with Crippen LogP contribution in [0.4, 0.5) is 17.6 Å². The number of carbonyl (C=O) groups excluding carboxylic acids is 1. The Balaban J connectivity index is 1.72. The lowest BCUT2D eigenvalue weighted by Gasteiger charge is -2.19. The number of alkyl halides is 3. The lowest BCUT2D eigenvalue weighted by atomic mass is 10.0. The number of hydrogen-bond donors (Lipinski definition) is 0. The summed E-state index contributed by atoms with van der Waals surface area (Å²) in [7, 11) is 1.39. The molecule has 0 aliphatic carbocycles. The van der Waals surface area contributed by atoms with Crippen molar-refractivity contribution in [3.8, 4) is 17.6 Å². The normalized spacial score (nSPS) is 12.5. The number of hydrogen-bond acceptors (Lipinski definition) is 8. The predicted octanol–water partition coefficient (Wildman–Crippen LogP) is 4.23. The molecule has 0 N–H and O–H groups in total. The molecule has 0 aliphatic heterocycles. The Morgan fingerprint density at radius 1 is 1.14 bits per heavy atom. The van der Waals surface area contributed by atoms with Crippen LogP contribution in [0, 0.1) is 5.82 Å². The van der Waals surface area contributed by atoms with Gasteiger partial charge in [-0.1, -0.05) is 13.0 Å². The minimum atomic E-state index is -5.02. The van der Waals surface area contributed by atoms with Crippen LogP contribution in [-0.2, 0) is 4.74 Å². The van der Waals surface area contributed by atoms with Crippen molar-refractivity contribution in [2.45, 2.75) is 32.7 Å². The van der Waals surface area contributed by atoms with Crippen molar-refractivity contribution in [3.05, 3.63) is 53.7 Å². The van der Waals surface area contributed by atoms with Crippen LogP contribution in [0.1, 0.15) is 42.2 Å². The van der Waals surface area contributed by atoms with E-state index in [2.05, 4.69) is 24.9 Å². The number of benzene rings is 1. The highest BCUT2D eigenvalue weighted by atomic mass is 19.4. The smallest absolute Gasteiger partial charge is 0.479 e. The highest BCUT2D eigenvalue weighted by molar-refractivity contribution is 5.88. The zero-order valence-electron chi connectivity index (χ0n) is 19.3. The number of ether oxygens (including phenoxy) is 3. The van der Waals surface area contributed by atoms with Gasteiger partial charge < -0.3 is 14.2 Å². The number of carbonyl (C=O) groups is 1. The number of methoxy groups -OCH3 is 1. The van der Waals surface area contributed by atoms with E-state index in [1.54, 1.807) is 13.8 Å². The van der Waals surface area contributed by atoms with Gasteiger partial charge in [0.1, 0.15) is 11.0 Å². The number of rotatable bonds is 8. The van der Waals surface area contributed by atoms with Gasteiger partial charge in [-0.3, -0.25) is 4.68 Å². The molecular formula is C22H20F4N6O4. The Kier molecular flexibility index (Phi) is 6.77. The number of nitrogens with zero attached hydrogens (tertiary/aromatic N) is 6. The minimum Gasteiger partial charge on any atom is -0.479 e. The average molecular weight is 508 g/mol. The number of halogens is 4. The fourth-order valence-electron chi connectivity index (χ4n) is 3.63. The fourth-order valence-corrected chi connectivity index (χ4v) is 3.63. The summed E-state index contributed by atoms with van der Waals surface area (Å²) in [4.78, 5) is 20.7. The van der Waals surface area contributed by atoms with Crippen LogP contribution in [0.3, 0.4) is 0 Å². The molecule has 0 saturated heterocycles. The molecule has 0 bridgehead atoms. The van der Waals surface area contributed by atoms with Gasteiger partial charge in [-0.05, 0) is 31.0 Å². The summed E-state index contributed by atoms with van der Waals surface area (Å²) >= 11 is 0. The predicted molar refractivity (Wildman–Crippen MR) is 116 cm³/mol. The summed E-state index contributed by atoms with van der Waals surface area (Å²) in [5.74, 6) is -2.42. The Hall–Kier alpha value is -4.23. The Morgan fingerprint density at radius 3 is 2.56 bits per heavy atom. The fraction of sp³-hybridized carbons (Fsp3) is 0.318. The van der Waals surface area contributed by atoms with Gasteiger partial charge in [-0.15, -0.1) is 13.2 Å². The van der Waals surface area contributed by atoms with E-state index >= 15 is 0 Å². The highest BCUT2D eigenvalue weighted by Crippen LogP contribution is 2.33. The van der Waals surface area contributed by atoms with Crippen LogP contribution in [0.2, 0.25) is 0 Å². The lowest BCUT2D eigenvalue weighted by Crippen LogP contribution is -2.18. The van der Waals surface area contributed by atoms with Crippen molar-refractivity contribution < 1.29 is 36.6 Å². The molecule has 0 saturated carbocycles. The molecule has 190 valence electrons. The third-order valence-corrected chi connectivity index (χ3v) is 5.14. The molecule has 1 aromatic carbocycles. The average Bonchev–Trinajstić information content (AvgIpc) is 3.48. The molecule has 3 heterocycles. The van der Waals surface area contributed by atoms with Gasteiger partial charge in [-0.2, -0.15) is 15.2 Å². The van der Waals surface area contributed by atoms with Crippen LogP contribution in [0.15, 0.2) is 36.8 Å². The summed E-state index contributed by atoms with van der Waals surface area (Å²) in [6, 6.07) is 2.62. The first-order valence-electron chi connectivity index (χ1n) is 10.7. The summed E-state index contributed by atoms with van der Waals surface area (Å²) in [5.41, 5.74) is 1.30. The van der Waals surface area contributed by atoms with E-state index in [1.165, 1.54) is 41.1 Å². The lowest BCUT2D eigenvalue weighted by molar-refractivity contribution is -0.275. The molecule has 4 aromatic rings. The maximum Gasteiger partial charge on any atom is 0.573 e. The maximum absolute atomic E-state index is 14.4. The standard InChI is InChI=1S/C22H20F4N6O4/c1-4-16(12-6-7-17(14(23)8-12)36-22(24,25)26)32-18-15(10-28-32)29-21(30-19(18)34-3)31-11-13(9-27-31)20(33)35-5-2/h6-11,16H,4-5H2,1-3H3/t16-/m0/s1. The molecule has 4 rings (SSSR count). The van der Waals surface area contributed by atoms with Crippen molar-refractivity contribution in [1.82, 2.24) is 29.5 Å². The molecular weight excluding hydrogens is 488 g/mol. The van der Waals surface area contributed by atoms with Gasteiger partial charge in [0.15, 0.2) is 11.6 Å². The first-order chi connectivity index (χ1) is 17.1. The molecule has 36 heavy (non-hydrogen) atoms. The zero-order valence-corrected chi connectivity index (χ0v) is 19.3. The SMILES string of the molecule is CCOC(=O)c1cnn(-c2nc(OC)c3c(cnn3[C@@H](CC)c3ccc(OC(F)(F)F)c(F)c3)n2)c1. The Bertz CT molecular complexity index is 1400. The van der Waals surface area contributed by atoms with Gasteiger partial charge in [0, 0.05) is 6.20 Å². The second-order valence-corrected chi connectivity index (χ2v) is 7.41. The van der Waals surface area contributed by atoms with Crippen molar-refractivity contribution in [2.24, 2.45) is 0 Å². The monoisotopic (exact) mass is 508 g/mol. The van der Waals surface area contributed by atoms with Gasteiger partial charge in [0.2, 0.25) is 5.88 Å². The molecule has 14 heteroatoms. The molecule has 0 radical (unpaired) electrons. The summed E-state index contributed by atoms with van der Waals surface area (Å²) in [5, 5.41) is 8.45. The molecule has 10 nitrogen and oxygen atoms in total. The number of aromatic nitrogens is 6. The van der Waals surface area contributed by atoms with Crippen LogP contribution in [0.5, 0.6) is 11.6 Å². The zero-order chi connectivity index (χ0) is 26.0. The third kappa shape index (κ3) is 4.92. The van der Waals surface area contributed by atoms with Gasteiger partial charge in [-0.25, -0.2) is 18.9 Å².